The van der Waals surface area contributed by atoms with E-state index in [1.807, 2.05) is 6.07 Å². The fraction of sp³-hybridized carbons (Fsp3) is 0.733. The Kier molecular flexibility index (Phi) is 4.01. The lowest BCUT2D eigenvalue weighted by Crippen LogP contribution is -2.53. The van der Waals surface area contributed by atoms with Gasteiger partial charge in [-0.3, -0.25) is 4.90 Å². The van der Waals surface area contributed by atoms with E-state index in [0.29, 0.717) is 5.76 Å². The summed E-state index contributed by atoms with van der Waals surface area (Å²) in [6, 6.07) is 1.87. The van der Waals surface area contributed by atoms with Crippen LogP contribution in [0.25, 0.3) is 0 Å². The molecule has 1 N–H and O–H groups in total. The van der Waals surface area contributed by atoms with Crippen molar-refractivity contribution in [3.8, 4) is 0 Å². The minimum Gasteiger partial charge on any atom is -0.465 e. The van der Waals surface area contributed by atoms with E-state index in [-0.39, 0.29) is 5.54 Å². The summed E-state index contributed by atoms with van der Waals surface area (Å²) >= 11 is 3.49. The first-order chi connectivity index (χ1) is 9.24. The number of aliphatic hydroxyl groups is 1. The number of aliphatic hydroxyl groups excluding tert-OH is 1. The second-order valence-corrected chi connectivity index (χ2v) is 6.75. The maximum Gasteiger partial charge on any atom is 0.148 e. The maximum absolute atomic E-state index is 10.9. The van der Waals surface area contributed by atoms with Crippen LogP contribution in [0.4, 0.5) is 0 Å². The first-order valence-electron chi connectivity index (χ1n) is 7.40. The lowest BCUT2D eigenvalue weighted by Gasteiger charge is -2.46. The van der Waals surface area contributed by atoms with Gasteiger partial charge in [0.2, 0.25) is 0 Å². The zero-order valence-electron chi connectivity index (χ0n) is 11.3. The van der Waals surface area contributed by atoms with Crippen LogP contribution in [0.5, 0.6) is 0 Å². The van der Waals surface area contributed by atoms with Crippen molar-refractivity contribution < 1.29 is 9.52 Å². The van der Waals surface area contributed by atoms with E-state index in [2.05, 4.69) is 20.8 Å². The standard InChI is InChI=1S/C15H22BrNO2/c16-12-6-11-19-13(12)14(18)15(7-2-3-8-15)17-9-4-1-5-10-17/h6,11,14,18H,1-5,7-10H2. The number of nitrogens with zero attached hydrogens (tertiary/aromatic N) is 1. The Morgan fingerprint density at radius 2 is 1.84 bits per heavy atom. The first kappa shape index (κ1) is 13.7. The Labute approximate surface area is 123 Å². The predicted octanol–water partition coefficient (Wildman–Crippen LogP) is 3.87. The van der Waals surface area contributed by atoms with Gasteiger partial charge in [-0.1, -0.05) is 19.3 Å². The van der Waals surface area contributed by atoms with Crippen molar-refractivity contribution in [2.45, 2.75) is 56.6 Å². The molecule has 1 atom stereocenters. The SMILES string of the molecule is OC(c1occc1Br)C1(N2CCCCC2)CCCC1. The van der Waals surface area contributed by atoms with Crippen molar-refractivity contribution >= 4 is 15.9 Å². The highest BCUT2D eigenvalue weighted by molar-refractivity contribution is 9.10. The summed E-state index contributed by atoms with van der Waals surface area (Å²) < 4.78 is 6.42. The fourth-order valence-corrected chi connectivity index (χ4v) is 4.25. The van der Waals surface area contributed by atoms with Crippen LogP contribution in [-0.2, 0) is 0 Å². The molecule has 19 heavy (non-hydrogen) atoms. The normalized spacial score (nSPS) is 25.6. The van der Waals surface area contributed by atoms with Gasteiger partial charge in [0.15, 0.2) is 0 Å². The molecule has 0 bridgehead atoms. The minimum atomic E-state index is -0.516. The molecule has 3 nitrogen and oxygen atoms in total. The van der Waals surface area contributed by atoms with Crippen molar-refractivity contribution in [2.24, 2.45) is 0 Å². The molecule has 1 unspecified atom stereocenters. The zero-order chi connectivity index (χ0) is 13.3. The number of hydrogen-bond donors (Lipinski definition) is 1. The van der Waals surface area contributed by atoms with Gasteiger partial charge in [0.05, 0.1) is 16.3 Å². The number of likely N-dealkylation sites (tertiary alicyclic amines) is 1. The Morgan fingerprint density at radius 1 is 1.16 bits per heavy atom. The van der Waals surface area contributed by atoms with Gasteiger partial charge in [0, 0.05) is 0 Å². The number of rotatable bonds is 3. The largest absolute Gasteiger partial charge is 0.465 e. The molecule has 1 aromatic heterocycles. The average molecular weight is 328 g/mol. The molecule has 0 amide bonds. The molecule has 0 spiro atoms. The summed E-state index contributed by atoms with van der Waals surface area (Å²) in [7, 11) is 0. The highest BCUT2D eigenvalue weighted by Crippen LogP contribution is 2.47. The molecule has 2 fully saturated rings. The van der Waals surface area contributed by atoms with E-state index >= 15 is 0 Å². The molecule has 1 aliphatic heterocycles. The Bertz CT molecular complexity index is 420. The van der Waals surface area contributed by atoms with E-state index in [4.69, 9.17) is 4.42 Å². The molecule has 2 aliphatic rings. The molecule has 4 heteroatoms. The summed E-state index contributed by atoms with van der Waals surface area (Å²) in [4.78, 5) is 2.53. The van der Waals surface area contributed by atoms with Crippen LogP contribution in [0.1, 0.15) is 56.8 Å². The second kappa shape index (κ2) is 5.58. The molecule has 0 radical (unpaired) electrons. The van der Waals surface area contributed by atoms with E-state index in [0.717, 1.165) is 30.4 Å². The fourth-order valence-electron chi connectivity index (χ4n) is 3.83. The molecular weight excluding hydrogens is 306 g/mol. The lowest BCUT2D eigenvalue weighted by atomic mass is 9.85. The number of halogens is 1. The number of hydrogen-bond acceptors (Lipinski definition) is 3. The van der Waals surface area contributed by atoms with Crippen molar-refractivity contribution in [3.05, 3.63) is 22.6 Å². The summed E-state index contributed by atoms with van der Waals surface area (Å²) in [5.74, 6) is 0.701. The topological polar surface area (TPSA) is 36.6 Å². The molecule has 1 aromatic rings. The number of piperidine rings is 1. The van der Waals surface area contributed by atoms with Crippen LogP contribution in [0.3, 0.4) is 0 Å². The maximum atomic E-state index is 10.9. The molecule has 1 saturated carbocycles. The van der Waals surface area contributed by atoms with E-state index in [1.165, 1.54) is 32.1 Å². The number of furan rings is 1. The lowest BCUT2D eigenvalue weighted by molar-refractivity contribution is -0.0502. The van der Waals surface area contributed by atoms with Crippen LogP contribution in [-0.4, -0.2) is 28.6 Å². The molecule has 106 valence electrons. The monoisotopic (exact) mass is 327 g/mol. The van der Waals surface area contributed by atoms with Crippen molar-refractivity contribution in [1.82, 2.24) is 4.90 Å². The van der Waals surface area contributed by atoms with Gasteiger partial charge < -0.3 is 9.52 Å². The Balaban J connectivity index is 1.89. The second-order valence-electron chi connectivity index (χ2n) is 5.89. The molecular formula is C15H22BrNO2. The summed E-state index contributed by atoms with van der Waals surface area (Å²) in [6.45, 7) is 2.24. The van der Waals surface area contributed by atoms with Crippen molar-refractivity contribution in [1.29, 1.82) is 0 Å². The van der Waals surface area contributed by atoms with Crippen molar-refractivity contribution in [3.63, 3.8) is 0 Å². The van der Waals surface area contributed by atoms with Crippen LogP contribution in [0.15, 0.2) is 21.2 Å². The van der Waals surface area contributed by atoms with Crippen LogP contribution < -0.4 is 0 Å². The smallest absolute Gasteiger partial charge is 0.148 e. The first-order valence-corrected chi connectivity index (χ1v) is 8.19. The summed E-state index contributed by atoms with van der Waals surface area (Å²) in [6.07, 6.45) is 9.58. The quantitative estimate of drug-likeness (QED) is 0.915. The van der Waals surface area contributed by atoms with E-state index in [1.54, 1.807) is 6.26 Å². The van der Waals surface area contributed by atoms with E-state index < -0.39 is 6.10 Å². The molecule has 2 heterocycles. The molecule has 0 aromatic carbocycles. The van der Waals surface area contributed by atoms with Crippen LogP contribution in [0, 0.1) is 0 Å². The van der Waals surface area contributed by atoms with Gasteiger partial charge in [-0.05, 0) is 60.8 Å². The highest BCUT2D eigenvalue weighted by Gasteiger charge is 2.47. The van der Waals surface area contributed by atoms with Gasteiger partial charge in [-0.25, -0.2) is 0 Å². The van der Waals surface area contributed by atoms with Gasteiger partial charge >= 0.3 is 0 Å². The van der Waals surface area contributed by atoms with E-state index in [9.17, 15) is 5.11 Å². The Morgan fingerprint density at radius 3 is 2.42 bits per heavy atom. The minimum absolute atomic E-state index is 0.0964. The molecule has 1 saturated heterocycles. The third kappa shape index (κ3) is 2.39. The van der Waals surface area contributed by atoms with Gasteiger partial charge in [0.25, 0.3) is 0 Å². The highest BCUT2D eigenvalue weighted by atomic mass is 79.9. The average Bonchev–Trinajstić information content (AvgIpc) is 3.08. The summed E-state index contributed by atoms with van der Waals surface area (Å²) in [5, 5.41) is 10.9. The van der Waals surface area contributed by atoms with Crippen LogP contribution in [0.2, 0.25) is 0 Å². The van der Waals surface area contributed by atoms with Crippen LogP contribution >= 0.6 is 15.9 Å². The van der Waals surface area contributed by atoms with Crippen molar-refractivity contribution in [2.75, 3.05) is 13.1 Å². The van der Waals surface area contributed by atoms with Gasteiger partial charge in [-0.15, -0.1) is 0 Å². The molecule has 1 aliphatic carbocycles. The summed E-state index contributed by atoms with van der Waals surface area (Å²) in [5.41, 5.74) is -0.0964. The third-order valence-corrected chi connectivity index (χ3v) is 5.51. The predicted molar refractivity (Wildman–Crippen MR) is 78.0 cm³/mol. The third-order valence-electron chi connectivity index (χ3n) is 4.86. The van der Waals surface area contributed by atoms with Gasteiger partial charge in [0.1, 0.15) is 11.9 Å². The zero-order valence-corrected chi connectivity index (χ0v) is 12.9. The Hall–Kier alpha value is -0.320. The molecule has 3 rings (SSSR count). The van der Waals surface area contributed by atoms with Gasteiger partial charge in [-0.2, -0.15) is 0 Å².